The van der Waals surface area contributed by atoms with Crippen LogP contribution in [0.3, 0.4) is 0 Å². The molecule has 4 nitrogen and oxygen atoms in total. The summed E-state index contributed by atoms with van der Waals surface area (Å²) in [5.41, 5.74) is 1.47. The molecular formula is C13H8N2O2. The molecule has 2 aromatic rings. The van der Waals surface area contributed by atoms with Gasteiger partial charge in [0.1, 0.15) is 35.7 Å². The van der Waals surface area contributed by atoms with Gasteiger partial charge in [-0.05, 0) is 29.8 Å². The number of hydrogen-bond donors (Lipinski definition) is 1. The van der Waals surface area contributed by atoms with Gasteiger partial charge >= 0.3 is 0 Å². The number of benzene rings is 1. The van der Waals surface area contributed by atoms with Gasteiger partial charge in [0.25, 0.3) is 0 Å². The van der Waals surface area contributed by atoms with Crippen LogP contribution >= 0.6 is 0 Å². The van der Waals surface area contributed by atoms with Crippen LogP contribution in [0.2, 0.25) is 0 Å². The molecule has 0 unspecified atom stereocenters. The molecule has 4 heteroatoms. The first kappa shape index (κ1) is 10.9. The van der Waals surface area contributed by atoms with E-state index in [4.69, 9.17) is 20.0 Å². The number of furan rings is 1. The third kappa shape index (κ3) is 2.17. The quantitative estimate of drug-likeness (QED) is 0.794. The lowest BCUT2D eigenvalue weighted by Gasteiger charge is -1.92. The number of fused-ring (bicyclic) bond motifs is 1. The van der Waals surface area contributed by atoms with Gasteiger partial charge in [-0.15, -0.1) is 0 Å². The van der Waals surface area contributed by atoms with Crippen molar-refractivity contribution in [2.75, 3.05) is 0 Å². The lowest BCUT2D eigenvalue weighted by atomic mass is 10.1. The van der Waals surface area contributed by atoms with E-state index in [9.17, 15) is 0 Å². The molecule has 0 atom stereocenters. The average Bonchev–Trinajstić information content (AvgIpc) is 2.78. The minimum Gasteiger partial charge on any atom is -0.459 e. The van der Waals surface area contributed by atoms with Crippen LogP contribution in [0, 0.1) is 22.7 Å². The van der Waals surface area contributed by atoms with Crippen LogP contribution in [0.1, 0.15) is 11.3 Å². The van der Waals surface area contributed by atoms with E-state index in [0.717, 1.165) is 10.9 Å². The van der Waals surface area contributed by atoms with Gasteiger partial charge in [0.15, 0.2) is 0 Å². The monoisotopic (exact) mass is 224 g/mol. The zero-order chi connectivity index (χ0) is 12.3. The van der Waals surface area contributed by atoms with Crippen LogP contribution in [-0.4, -0.2) is 5.11 Å². The van der Waals surface area contributed by atoms with Gasteiger partial charge in [-0.1, -0.05) is 6.07 Å². The lowest BCUT2D eigenvalue weighted by Crippen LogP contribution is -1.75. The Morgan fingerprint density at radius 2 is 2.06 bits per heavy atom. The number of aliphatic hydroxyl groups excluding tert-OH is 1. The molecule has 1 aromatic carbocycles. The molecule has 82 valence electrons. The first-order chi connectivity index (χ1) is 8.26. The van der Waals surface area contributed by atoms with Crippen molar-refractivity contribution in [3.05, 3.63) is 41.2 Å². The van der Waals surface area contributed by atoms with Crippen LogP contribution in [0.25, 0.3) is 17.0 Å². The molecule has 2 rings (SSSR count). The van der Waals surface area contributed by atoms with E-state index in [2.05, 4.69) is 0 Å². The van der Waals surface area contributed by atoms with Crippen molar-refractivity contribution in [3.8, 4) is 12.1 Å². The Bertz CT molecular complexity index is 653. The molecule has 0 amide bonds. The van der Waals surface area contributed by atoms with Crippen molar-refractivity contribution in [1.82, 2.24) is 0 Å². The fraction of sp³-hybridized carbons (Fsp3) is 0.0769. The smallest absolute Gasteiger partial charge is 0.134 e. The van der Waals surface area contributed by atoms with Crippen molar-refractivity contribution in [2.45, 2.75) is 6.61 Å². The Kier molecular flexibility index (Phi) is 2.91. The molecule has 1 aromatic heterocycles. The summed E-state index contributed by atoms with van der Waals surface area (Å²) in [5, 5.41) is 27.1. The van der Waals surface area contributed by atoms with Gasteiger partial charge in [-0.3, -0.25) is 0 Å². The first-order valence-electron chi connectivity index (χ1n) is 4.92. The van der Waals surface area contributed by atoms with E-state index < -0.39 is 0 Å². The average molecular weight is 224 g/mol. The number of nitrogens with zero attached hydrogens (tertiary/aromatic N) is 2. The maximum absolute atomic E-state index is 8.94. The van der Waals surface area contributed by atoms with E-state index in [0.29, 0.717) is 11.3 Å². The molecule has 0 fully saturated rings. The molecule has 0 aliphatic carbocycles. The van der Waals surface area contributed by atoms with E-state index in [1.165, 1.54) is 6.08 Å². The predicted octanol–water partition coefficient (Wildman–Crippen LogP) is 2.36. The third-order valence-corrected chi connectivity index (χ3v) is 2.30. The standard InChI is InChI=1S/C13H8N2O2/c14-6-10(7-15)3-9-1-2-13-11(4-9)5-12(8-16)17-13/h1-5,16H,8H2. The van der Waals surface area contributed by atoms with Gasteiger partial charge in [-0.2, -0.15) is 10.5 Å². The highest BCUT2D eigenvalue weighted by Gasteiger charge is 2.03. The molecule has 0 saturated heterocycles. The molecule has 0 aliphatic heterocycles. The molecule has 1 heterocycles. The van der Waals surface area contributed by atoms with Gasteiger partial charge < -0.3 is 9.52 Å². The molecule has 0 saturated carbocycles. The Morgan fingerprint density at radius 3 is 2.71 bits per heavy atom. The van der Waals surface area contributed by atoms with E-state index in [1.807, 2.05) is 0 Å². The zero-order valence-electron chi connectivity index (χ0n) is 8.84. The van der Waals surface area contributed by atoms with Crippen LogP contribution < -0.4 is 0 Å². The van der Waals surface area contributed by atoms with Gasteiger partial charge in [0.2, 0.25) is 0 Å². The van der Waals surface area contributed by atoms with E-state index in [-0.39, 0.29) is 12.2 Å². The number of aliphatic hydroxyl groups is 1. The van der Waals surface area contributed by atoms with Gasteiger partial charge in [-0.25, -0.2) is 0 Å². The second-order valence-corrected chi connectivity index (χ2v) is 3.45. The van der Waals surface area contributed by atoms with Crippen LogP contribution in [0.4, 0.5) is 0 Å². The van der Waals surface area contributed by atoms with E-state index in [1.54, 1.807) is 36.4 Å². The van der Waals surface area contributed by atoms with Crippen molar-refractivity contribution in [1.29, 1.82) is 10.5 Å². The SMILES string of the molecule is N#CC(C#N)=Cc1ccc2oc(CO)cc2c1. The number of rotatable bonds is 2. The maximum Gasteiger partial charge on any atom is 0.134 e. The van der Waals surface area contributed by atoms with Crippen LogP contribution in [-0.2, 0) is 6.61 Å². The summed E-state index contributed by atoms with van der Waals surface area (Å²) >= 11 is 0. The van der Waals surface area contributed by atoms with Crippen LogP contribution in [0.5, 0.6) is 0 Å². The van der Waals surface area contributed by atoms with Crippen molar-refractivity contribution in [3.63, 3.8) is 0 Å². The highest BCUT2D eigenvalue weighted by atomic mass is 16.4. The van der Waals surface area contributed by atoms with Crippen molar-refractivity contribution in [2.24, 2.45) is 0 Å². The molecule has 0 bridgehead atoms. The summed E-state index contributed by atoms with van der Waals surface area (Å²) in [7, 11) is 0. The lowest BCUT2D eigenvalue weighted by molar-refractivity contribution is 0.251. The number of nitriles is 2. The maximum atomic E-state index is 8.94. The molecular weight excluding hydrogens is 216 g/mol. The minimum absolute atomic E-state index is 0.0511. The Labute approximate surface area is 97.6 Å². The second-order valence-electron chi connectivity index (χ2n) is 3.45. The third-order valence-electron chi connectivity index (χ3n) is 2.30. The van der Waals surface area contributed by atoms with Crippen LogP contribution in [0.15, 0.2) is 34.3 Å². The summed E-state index contributed by atoms with van der Waals surface area (Å²) in [6.45, 7) is -0.151. The second kappa shape index (κ2) is 4.52. The Morgan fingerprint density at radius 1 is 1.29 bits per heavy atom. The van der Waals surface area contributed by atoms with Gasteiger partial charge in [0.05, 0.1) is 0 Å². The minimum atomic E-state index is -0.151. The Hall–Kier alpha value is -2.56. The highest BCUT2D eigenvalue weighted by molar-refractivity contribution is 5.81. The van der Waals surface area contributed by atoms with Crippen molar-refractivity contribution >= 4 is 17.0 Å². The number of hydrogen-bond acceptors (Lipinski definition) is 4. The summed E-state index contributed by atoms with van der Waals surface area (Å²) in [5.74, 6) is 0.488. The molecule has 0 aliphatic rings. The molecule has 0 radical (unpaired) electrons. The van der Waals surface area contributed by atoms with Crippen molar-refractivity contribution < 1.29 is 9.52 Å². The Balaban J connectivity index is 2.49. The normalized spacial score (nSPS) is 9.59. The topological polar surface area (TPSA) is 81.0 Å². The zero-order valence-corrected chi connectivity index (χ0v) is 8.84. The summed E-state index contributed by atoms with van der Waals surface area (Å²) in [4.78, 5) is 0. The highest BCUT2D eigenvalue weighted by Crippen LogP contribution is 2.21. The summed E-state index contributed by atoms with van der Waals surface area (Å²) < 4.78 is 5.33. The van der Waals surface area contributed by atoms with Gasteiger partial charge in [0, 0.05) is 5.39 Å². The molecule has 1 N–H and O–H groups in total. The largest absolute Gasteiger partial charge is 0.459 e. The fourth-order valence-electron chi connectivity index (χ4n) is 1.54. The predicted molar refractivity (Wildman–Crippen MR) is 61.3 cm³/mol. The fourth-order valence-corrected chi connectivity index (χ4v) is 1.54. The summed E-state index contributed by atoms with van der Waals surface area (Å²) in [6.07, 6.45) is 1.51. The first-order valence-corrected chi connectivity index (χ1v) is 4.92. The molecule has 17 heavy (non-hydrogen) atoms. The van der Waals surface area contributed by atoms with E-state index >= 15 is 0 Å². The molecule has 0 spiro atoms. The summed E-state index contributed by atoms with van der Waals surface area (Å²) in [6, 6.07) is 10.6. The number of allylic oxidation sites excluding steroid dienone is 1.